The zero-order chi connectivity index (χ0) is 15.1. The Morgan fingerprint density at radius 1 is 1.33 bits per heavy atom. The summed E-state index contributed by atoms with van der Waals surface area (Å²) in [5, 5.41) is 9.79. The minimum Gasteiger partial charge on any atom is -0.353 e. The Balaban J connectivity index is 1.73. The minimum absolute atomic E-state index is 0.0535. The van der Waals surface area contributed by atoms with Crippen LogP contribution in [0.4, 0.5) is 0 Å². The average Bonchev–Trinajstić information content (AvgIpc) is 2.88. The summed E-state index contributed by atoms with van der Waals surface area (Å²) in [4.78, 5) is 11.7. The number of aromatic amines is 1. The van der Waals surface area contributed by atoms with Gasteiger partial charge in [0.25, 0.3) is 0 Å². The van der Waals surface area contributed by atoms with E-state index in [0.29, 0.717) is 6.54 Å². The summed E-state index contributed by atoms with van der Waals surface area (Å²) in [7, 11) is 0. The van der Waals surface area contributed by atoms with Crippen LogP contribution in [0.3, 0.4) is 0 Å². The maximum atomic E-state index is 11.7. The van der Waals surface area contributed by atoms with Gasteiger partial charge in [-0.1, -0.05) is 24.3 Å². The van der Waals surface area contributed by atoms with Crippen LogP contribution < -0.4 is 5.32 Å². The molecule has 0 saturated heterocycles. The van der Waals surface area contributed by atoms with Crippen LogP contribution in [0.15, 0.2) is 36.5 Å². The number of H-pyrrole nitrogens is 1. The van der Waals surface area contributed by atoms with Crippen LogP contribution in [-0.4, -0.2) is 22.6 Å². The lowest BCUT2D eigenvalue weighted by molar-refractivity contribution is -0.116. The number of benzene rings is 1. The molecule has 0 radical (unpaired) electrons. The van der Waals surface area contributed by atoms with Crippen molar-refractivity contribution in [2.24, 2.45) is 0 Å². The second-order valence-corrected chi connectivity index (χ2v) is 5.10. The molecule has 2 N–H and O–H groups in total. The topological polar surface area (TPSA) is 57.8 Å². The highest BCUT2D eigenvalue weighted by Gasteiger charge is 2.01. The highest BCUT2D eigenvalue weighted by atomic mass is 16.1. The van der Waals surface area contributed by atoms with Gasteiger partial charge in [0, 0.05) is 18.3 Å². The van der Waals surface area contributed by atoms with Crippen molar-refractivity contribution in [3.8, 4) is 0 Å². The van der Waals surface area contributed by atoms with Crippen LogP contribution in [0.2, 0.25) is 0 Å². The maximum absolute atomic E-state index is 11.7. The standard InChI is InChI=1S/C17H21N3O/c1-13-6-3-4-7-15(13)9-10-17(21)18-11-5-8-16-12-19-20-14(16)2/h3-4,6-7,9-10,12H,5,8,11H2,1-2H3,(H,18,21)(H,19,20). The summed E-state index contributed by atoms with van der Waals surface area (Å²) < 4.78 is 0. The van der Waals surface area contributed by atoms with E-state index >= 15 is 0 Å². The summed E-state index contributed by atoms with van der Waals surface area (Å²) in [5.41, 5.74) is 4.54. The van der Waals surface area contributed by atoms with E-state index in [2.05, 4.69) is 15.5 Å². The zero-order valence-corrected chi connectivity index (χ0v) is 12.5. The van der Waals surface area contributed by atoms with Gasteiger partial charge in [-0.25, -0.2) is 0 Å². The van der Waals surface area contributed by atoms with E-state index in [-0.39, 0.29) is 5.91 Å². The first-order valence-electron chi connectivity index (χ1n) is 7.17. The third kappa shape index (κ3) is 4.60. The molecule has 0 fully saturated rings. The van der Waals surface area contributed by atoms with Crippen LogP contribution in [0, 0.1) is 13.8 Å². The number of nitrogens with zero attached hydrogens (tertiary/aromatic N) is 1. The van der Waals surface area contributed by atoms with Gasteiger partial charge in [-0.15, -0.1) is 0 Å². The molecule has 0 bridgehead atoms. The van der Waals surface area contributed by atoms with Crippen LogP contribution in [0.25, 0.3) is 6.08 Å². The summed E-state index contributed by atoms with van der Waals surface area (Å²) >= 11 is 0. The number of hydrogen-bond donors (Lipinski definition) is 2. The normalized spacial score (nSPS) is 11.0. The summed E-state index contributed by atoms with van der Waals surface area (Å²) in [6, 6.07) is 7.99. The number of amides is 1. The van der Waals surface area contributed by atoms with Gasteiger partial charge < -0.3 is 5.32 Å². The second-order valence-electron chi connectivity index (χ2n) is 5.10. The van der Waals surface area contributed by atoms with Crippen LogP contribution in [-0.2, 0) is 11.2 Å². The lowest BCUT2D eigenvalue weighted by Gasteiger charge is -2.02. The Bertz CT molecular complexity index is 628. The largest absolute Gasteiger partial charge is 0.353 e. The van der Waals surface area contributed by atoms with Crippen molar-refractivity contribution in [3.05, 3.63) is 58.9 Å². The average molecular weight is 283 g/mol. The molecular formula is C17H21N3O. The molecule has 110 valence electrons. The van der Waals surface area contributed by atoms with Gasteiger partial charge in [0.15, 0.2) is 0 Å². The highest BCUT2D eigenvalue weighted by molar-refractivity contribution is 5.91. The third-order valence-electron chi connectivity index (χ3n) is 3.46. The molecule has 0 unspecified atom stereocenters. The molecule has 4 nitrogen and oxygen atoms in total. The molecule has 0 atom stereocenters. The van der Waals surface area contributed by atoms with Crippen LogP contribution in [0.5, 0.6) is 0 Å². The van der Waals surface area contributed by atoms with Gasteiger partial charge in [0.2, 0.25) is 5.91 Å². The van der Waals surface area contributed by atoms with Crippen LogP contribution in [0.1, 0.15) is 28.8 Å². The first kappa shape index (κ1) is 15.0. The van der Waals surface area contributed by atoms with Crippen molar-refractivity contribution in [1.82, 2.24) is 15.5 Å². The molecule has 0 spiro atoms. The van der Waals surface area contributed by atoms with E-state index in [4.69, 9.17) is 0 Å². The Labute approximate surface area is 125 Å². The molecule has 1 heterocycles. The Kier molecular flexibility index (Phi) is 5.32. The van der Waals surface area contributed by atoms with Crippen molar-refractivity contribution in [2.75, 3.05) is 6.54 Å². The molecule has 1 aromatic carbocycles. The molecule has 4 heteroatoms. The Morgan fingerprint density at radius 2 is 2.14 bits per heavy atom. The smallest absolute Gasteiger partial charge is 0.243 e. The molecular weight excluding hydrogens is 262 g/mol. The number of aryl methyl sites for hydroxylation is 3. The minimum atomic E-state index is -0.0535. The summed E-state index contributed by atoms with van der Waals surface area (Å²) in [5.74, 6) is -0.0535. The lowest BCUT2D eigenvalue weighted by Crippen LogP contribution is -2.22. The number of aromatic nitrogens is 2. The van der Waals surface area contributed by atoms with Gasteiger partial charge in [-0.3, -0.25) is 9.89 Å². The molecule has 0 aliphatic carbocycles. The van der Waals surface area contributed by atoms with E-state index in [1.807, 2.05) is 50.4 Å². The van der Waals surface area contributed by atoms with E-state index in [0.717, 1.165) is 29.7 Å². The Hall–Kier alpha value is -2.36. The fraction of sp³-hybridized carbons (Fsp3) is 0.294. The SMILES string of the molecule is Cc1ccccc1C=CC(=O)NCCCc1cn[nH]c1C. The van der Waals surface area contributed by atoms with Crippen LogP contribution >= 0.6 is 0 Å². The monoisotopic (exact) mass is 283 g/mol. The fourth-order valence-corrected chi connectivity index (χ4v) is 2.12. The predicted octanol–water partition coefficient (Wildman–Crippen LogP) is 2.79. The number of hydrogen-bond acceptors (Lipinski definition) is 2. The molecule has 2 aromatic rings. The van der Waals surface area contributed by atoms with Crippen molar-refractivity contribution < 1.29 is 4.79 Å². The van der Waals surface area contributed by atoms with Crippen molar-refractivity contribution in [3.63, 3.8) is 0 Å². The number of carbonyl (C=O) groups is 1. The molecule has 21 heavy (non-hydrogen) atoms. The zero-order valence-electron chi connectivity index (χ0n) is 12.5. The molecule has 2 rings (SSSR count). The van der Waals surface area contributed by atoms with Crippen molar-refractivity contribution in [2.45, 2.75) is 26.7 Å². The van der Waals surface area contributed by atoms with E-state index in [1.165, 1.54) is 5.56 Å². The van der Waals surface area contributed by atoms with Gasteiger partial charge in [-0.2, -0.15) is 5.10 Å². The summed E-state index contributed by atoms with van der Waals surface area (Å²) in [6.45, 7) is 4.71. The maximum Gasteiger partial charge on any atom is 0.243 e. The van der Waals surface area contributed by atoms with Gasteiger partial charge in [-0.05, 0) is 49.5 Å². The van der Waals surface area contributed by atoms with Gasteiger partial charge in [0.1, 0.15) is 0 Å². The molecule has 1 amide bonds. The van der Waals surface area contributed by atoms with Gasteiger partial charge in [0.05, 0.1) is 6.20 Å². The molecule has 1 aromatic heterocycles. The first-order valence-corrected chi connectivity index (χ1v) is 7.17. The lowest BCUT2D eigenvalue weighted by atomic mass is 10.1. The number of nitrogens with one attached hydrogen (secondary N) is 2. The van der Waals surface area contributed by atoms with Crippen molar-refractivity contribution in [1.29, 1.82) is 0 Å². The predicted molar refractivity (Wildman–Crippen MR) is 84.9 cm³/mol. The van der Waals surface area contributed by atoms with Gasteiger partial charge >= 0.3 is 0 Å². The fourth-order valence-electron chi connectivity index (χ4n) is 2.12. The summed E-state index contributed by atoms with van der Waals surface area (Å²) in [6.07, 6.45) is 7.11. The highest BCUT2D eigenvalue weighted by Crippen LogP contribution is 2.08. The Morgan fingerprint density at radius 3 is 2.86 bits per heavy atom. The number of carbonyl (C=O) groups excluding carboxylic acids is 1. The second kappa shape index (κ2) is 7.43. The first-order chi connectivity index (χ1) is 10.2. The van der Waals surface area contributed by atoms with E-state index < -0.39 is 0 Å². The molecule has 0 aliphatic rings. The van der Waals surface area contributed by atoms with E-state index in [1.54, 1.807) is 6.08 Å². The third-order valence-corrected chi connectivity index (χ3v) is 3.46. The molecule has 0 saturated carbocycles. The van der Waals surface area contributed by atoms with E-state index in [9.17, 15) is 4.79 Å². The quantitative estimate of drug-likeness (QED) is 0.632. The van der Waals surface area contributed by atoms with Crippen molar-refractivity contribution >= 4 is 12.0 Å². The number of rotatable bonds is 6. The molecule has 0 aliphatic heterocycles.